The third-order valence-corrected chi connectivity index (χ3v) is 4.82. The van der Waals surface area contributed by atoms with E-state index in [-0.39, 0.29) is 0 Å². The smallest absolute Gasteiger partial charge is 0.202 e. The summed E-state index contributed by atoms with van der Waals surface area (Å²) < 4.78 is 4.29. The minimum Gasteiger partial charge on any atom is -0.358 e. The molecule has 1 heterocycles. The van der Waals surface area contributed by atoms with Gasteiger partial charge in [-0.25, -0.2) is 4.98 Å². The maximum Gasteiger partial charge on any atom is 0.202 e. The van der Waals surface area contributed by atoms with Gasteiger partial charge in [0.05, 0.1) is 0 Å². The predicted octanol–water partition coefficient (Wildman–Crippen LogP) is 3.19. The van der Waals surface area contributed by atoms with E-state index in [2.05, 4.69) is 40.3 Å². The lowest BCUT2D eigenvalue weighted by Gasteiger charge is -2.11. The van der Waals surface area contributed by atoms with Crippen molar-refractivity contribution in [2.45, 2.75) is 50.8 Å². The average Bonchev–Trinajstić information content (AvgIpc) is 2.89. The number of nitrogens with one attached hydrogen (secondary N) is 1. The van der Waals surface area contributed by atoms with Gasteiger partial charge in [-0.05, 0) is 25.0 Å². The van der Waals surface area contributed by atoms with Crippen LogP contribution in [0.1, 0.15) is 38.9 Å². The molecule has 1 N–H and O–H groups in total. The van der Waals surface area contributed by atoms with Crippen molar-refractivity contribution in [3.8, 4) is 0 Å². The van der Waals surface area contributed by atoms with Crippen LogP contribution < -0.4 is 5.32 Å². The van der Waals surface area contributed by atoms with Crippen LogP contribution in [0.5, 0.6) is 0 Å². The Kier molecular flexibility index (Phi) is 4.46. The van der Waals surface area contributed by atoms with Gasteiger partial charge in [-0.1, -0.05) is 13.8 Å². The van der Waals surface area contributed by atoms with Crippen LogP contribution in [0.2, 0.25) is 0 Å². The number of anilines is 1. The zero-order chi connectivity index (χ0) is 11.4. The number of aryl methyl sites for hydroxylation is 1. The minimum absolute atomic E-state index is 0.613. The number of nitrogens with zero attached hydrogens (tertiary/aromatic N) is 2. The van der Waals surface area contributed by atoms with Crippen molar-refractivity contribution in [1.29, 1.82) is 0 Å². The fourth-order valence-corrected chi connectivity index (χ4v) is 3.96. The minimum atomic E-state index is 0.613. The predicted molar refractivity (Wildman–Crippen MR) is 72.5 cm³/mol. The summed E-state index contributed by atoms with van der Waals surface area (Å²) in [5, 5.41) is 5.37. The van der Waals surface area contributed by atoms with Crippen LogP contribution >= 0.6 is 23.3 Å². The summed E-state index contributed by atoms with van der Waals surface area (Å²) in [6.07, 6.45) is 4.82. The normalized spacial score (nSPS) is 24.9. The second-order valence-electron chi connectivity index (χ2n) is 4.10. The Balaban J connectivity index is 1.82. The number of aromatic nitrogens is 2. The molecular formula is C11H19N3S2. The summed E-state index contributed by atoms with van der Waals surface area (Å²) in [6.45, 7) is 4.33. The number of hydrogen-bond donors (Lipinski definition) is 1. The van der Waals surface area contributed by atoms with Crippen molar-refractivity contribution >= 4 is 28.4 Å². The molecule has 1 aliphatic rings. The van der Waals surface area contributed by atoms with Gasteiger partial charge in [0.15, 0.2) is 0 Å². The highest BCUT2D eigenvalue weighted by atomic mass is 32.2. The highest BCUT2D eigenvalue weighted by Crippen LogP contribution is 2.31. The first-order chi connectivity index (χ1) is 7.81. The zero-order valence-corrected chi connectivity index (χ0v) is 11.5. The first-order valence-corrected chi connectivity index (χ1v) is 7.84. The van der Waals surface area contributed by atoms with E-state index in [0.29, 0.717) is 6.04 Å². The van der Waals surface area contributed by atoms with Gasteiger partial charge in [0.2, 0.25) is 5.13 Å². The molecule has 2 rings (SSSR count). The van der Waals surface area contributed by atoms with Gasteiger partial charge < -0.3 is 5.32 Å². The van der Waals surface area contributed by atoms with Crippen LogP contribution in [0, 0.1) is 0 Å². The first-order valence-electron chi connectivity index (χ1n) is 6.02. The van der Waals surface area contributed by atoms with Crippen molar-refractivity contribution in [3.63, 3.8) is 0 Å². The highest BCUT2D eigenvalue weighted by Gasteiger charge is 2.25. The zero-order valence-electron chi connectivity index (χ0n) is 9.90. The van der Waals surface area contributed by atoms with Gasteiger partial charge in [0.1, 0.15) is 5.82 Å². The lowest BCUT2D eigenvalue weighted by molar-refractivity contribution is 0.754. The number of thioether (sulfide) groups is 1. The maximum absolute atomic E-state index is 4.45. The van der Waals surface area contributed by atoms with Gasteiger partial charge in [0.25, 0.3) is 0 Å². The van der Waals surface area contributed by atoms with Crippen LogP contribution in [-0.2, 0) is 6.42 Å². The second-order valence-corrected chi connectivity index (χ2v) is 6.43. The van der Waals surface area contributed by atoms with Gasteiger partial charge in [-0.15, -0.1) is 0 Å². The molecule has 16 heavy (non-hydrogen) atoms. The summed E-state index contributed by atoms with van der Waals surface area (Å²) in [5.74, 6) is 2.20. The molecule has 0 aromatic carbocycles. The standard InChI is InChI=1S/C11H19N3S2/c1-3-10-13-11(16-14-10)12-8-5-6-9(7-8)15-4-2/h8-9H,3-7H2,1-2H3,(H,12,13,14). The van der Waals surface area contributed by atoms with E-state index in [1.54, 1.807) is 0 Å². The lowest BCUT2D eigenvalue weighted by Crippen LogP contribution is -2.15. The summed E-state index contributed by atoms with van der Waals surface area (Å²) in [5.41, 5.74) is 0. The molecule has 3 nitrogen and oxygen atoms in total. The molecule has 0 bridgehead atoms. The summed E-state index contributed by atoms with van der Waals surface area (Å²) in [6, 6.07) is 0.613. The van der Waals surface area contributed by atoms with Crippen molar-refractivity contribution in [1.82, 2.24) is 9.36 Å². The Bertz CT molecular complexity index is 327. The largest absolute Gasteiger partial charge is 0.358 e. The molecular weight excluding hydrogens is 238 g/mol. The SMILES string of the molecule is CCSC1CCC(Nc2nc(CC)ns2)C1. The molecule has 0 radical (unpaired) electrons. The fraction of sp³-hybridized carbons (Fsp3) is 0.818. The van der Waals surface area contributed by atoms with Crippen molar-refractivity contribution in [3.05, 3.63) is 5.82 Å². The van der Waals surface area contributed by atoms with Gasteiger partial charge >= 0.3 is 0 Å². The monoisotopic (exact) mass is 257 g/mol. The fourth-order valence-electron chi connectivity index (χ4n) is 2.09. The van der Waals surface area contributed by atoms with Crippen LogP contribution in [0.4, 0.5) is 5.13 Å². The molecule has 0 amide bonds. The maximum atomic E-state index is 4.45. The number of hydrogen-bond acceptors (Lipinski definition) is 5. The topological polar surface area (TPSA) is 37.8 Å². The summed E-state index contributed by atoms with van der Waals surface area (Å²) in [7, 11) is 0. The molecule has 1 aromatic rings. The Morgan fingerprint density at radius 2 is 2.31 bits per heavy atom. The third kappa shape index (κ3) is 3.10. The van der Waals surface area contributed by atoms with Crippen LogP contribution in [0.3, 0.4) is 0 Å². The second kappa shape index (κ2) is 5.87. The van der Waals surface area contributed by atoms with E-state index < -0.39 is 0 Å². The third-order valence-electron chi connectivity index (χ3n) is 2.90. The molecule has 0 spiro atoms. The quantitative estimate of drug-likeness (QED) is 0.879. The first kappa shape index (κ1) is 12.2. The van der Waals surface area contributed by atoms with Gasteiger partial charge in [-0.2, -0.15) is 16.1 Å². The molecule has 1 saturated carbocycles. The molecule has 2 atom stereocenters. The molecule has 0 saturated heterocycles. The molecule has 90 valence electrons. The lowest BCUT2D eigenvalue weighted by atomic mass is 10.3. The molecule has 1 fully saturated rings. The van der Waals surface area contributed by atoms with Gasteiger partial charge in [-0.3, -0.25) is 0 Å². The van der Waals surface area contributed by atoms with Gasteiger partial charge in [0, 0.05) is 29.2 Å². The Morgan fingerprint density at radius 1 is 1.44 bits per heavy atom. The summed E-state index contributed by atoms with van der Waals surface area (Å²) >= 11 is 3.59. The van der Waals surface area contributed by atoms with E-state index in [9.17, 15) is 0 Å². The van der Waals surface area contributed by atoms with E-state index in [1.807, 2.05) is 0 Å². The van der Waals surface area contributed by atoms with Crippen LogP contribution in [-0.4, -0.2) is 26.4 Å². The van der Waals surface area contributed by atoms with Crippen molar-refractivity contribution < 1.29 is 0 Å². The van der Waals surface area contributed by atoms with E-state index in [1.165, 1.54) is 36.5 Å². The van der Waals surface area contributed by atoms with Crippen LogP contribution in [0.25, 0.3) is 0 Å². The average molecular weight is 257 g/mol. The summed E-state index contributed by atoms with van der Waals surface area (Å²) in [4.78, 5) is 4.45. The van der Waals surface area contributed by atoms with Crippen LogP contribution in [0.15, 0.2) is 0 Å². The molecule has 1 aliphatic carbocycles. The molecule has 0 aliphatic heterocycles. The highest BCUT2D eigenvalue weighted by molar-refractivity contribution is 7.99. The number of rotatable bonds is 5. The van der Waals surface area contributed by atoms with Crippen molar-refractivity contribution in [2.75, 3.05) is 11.1 Å². The van der Waals surface area contributed by atoms with Crippen molar-refractivity contribution in [2.24, 2.45) is 0 Å². The molecule has 1 aromatic heterocycles. The Labute approximate surface area is 106 Å². The van der Waals surface area contributed by atoms with E-state index in [4.69, 9.17) is 0 Å². The van der Waals surface area contributed by atoms with E-state index in [0.717, 1.165) is 22.6 Å². The molecule has 2 unspecified atom stereocenters. The Morgan fingerprint density at radius 3 is 3.00 bits per heavy atom. The molecule has 5 heteroatoms. The van der Waals surface area contributed by atoms with E-state index >= 15 is 0 Å². The Hall–Kier alpha value is -0.290.